The molecule has 2 atom stereocenters. The lowest BCUT2D eigenvalue weighted by Crippen LogP contribution is -2.35. The van der Waals surface area contributed by atoms with Gasteiger partial charge in [0.25, 0.3) is 0 Å². The van der Waals surface area contributed by atoms with Crippen LogP contribution in [-0.2, 0) is 0 Å². The molecule has 6 nitrogen and oxygen atoms in total. The van der Waals surface area contributed by atoms with Crippen LogP contribution in [0.4, 0.5) is 0 Å². The maximum atomic E-state index is 11.3. The van der Waals surface area contributed by atoms with Gasteiger partial charge in [0, 0.05) is 29.8 Å². The molecule has 1 heterocycles. The summed E-state index contributed by atoms with van der Waals surface area (Å²) in [5, 5.41) is 10.5. The summed E-state index contributed by atoms with van der Waals surface area (Å²) in [6, 6.07) is 13.1. The van der Waals surface area contributed by atoms with Gasteiger partial charge in [-0.3, -0.25) is 9.69 Å². The van der Waals surface area contributed by atoms with Crippen molar-refractivity contribution >= 4 is 5.78 Å². The fourth-order valence-corrected chi connectivity index (χ4v) is 3.79. The smallest absolute Gasteiger partial charge is 0.159 e. The molecular weight excluding hydrogens is 370 g/mol. The lowest BCUT2D eigenvalue weighted by Gasteiger charge is -2.28. The second kappa shape index (κ2) is 9.76. The van der Waals surface area contributed by atoms with Gasteiger partial charge in [-0.1, -0.05) is 6.07 Å². The summed E-state index contributed by atoms with van der Waals surface area (Å²) in [6.45, 7) is 3.17. The molecule has 2 aromatic carbocycles. The first kappa shape index (κ1) is 21.1. The Morgan fingerprint density at radius 1 is 1.14 bits per heavy atom. The maximum Gasteiger partial charge on any atom is 0.159 e. The zero-order valence-corrected chi connectivity index (χ0v) is 17.3. The predicted octanol–water partition coefficient (Wildman–Crippen LogP) is 3.48. The summed E-state index contributed by atoms with van der Waals surface area (Å²) >= 11 is 0. The Kier molecular flexibility index (Phi) is 7.12. The van der Waals surface area contributed by atoms with Gasteiger partial charge in [0.15, 0.2) is 5.78 Å². The number of rotatable bonds is 9. The molecule has 0 aliphatic carbocycles. The second-order valence-corrected chi connectivity index (χ2v) is 7.31. The fourth-order valence-electron chi connectivity index (χ4n) is 3.79. The number of likely N-dealkylation sites (tertiary alicyclic amines) is 1. The van der Waals surface area contributed by atoms with E-state index in [0.29, 0.717) is 17.9 Å². The third-order valence-electron chi connectivity index (χ3n) is 5.31. The molecule has 156 valence electrons. The molecule has 3 rings (SSSR count). The van der Waals surface area contributed by atoms with Gasteiger partial charge >= 0.3 is 0 Å². The molecule has 0 radical (unpaired) electrons. The zero-order chi connectivity index (χ0) is 20.8. The van der Waals surface area contributed by atoms with Crippen molar-refractivity contribution in [2.24, 2.45) is 0 Å². The van der Waals surface area contributed by atoms with Crippen LogP contribution in [0, 0.1) is 0 Å². The molecule has 0 spiro atoms. The summed E-state index contributed by atoms with van der Waals surface area (Å²) in [5.41, 5.74) is 1.75. The average Bonchev–Trinajstić information content (AvgIpc) is 3.19. The van der Waals surface area contributed by atoms with Crippen LogP contribution in [0.5, 0.6) is 17.2 Å². The highest BCUT2D eigenvalue weighted by Crippen LogP contribution is 2.38. The van der Waals surface area contributed by atoms with Crippen molar-refractivity contribution in [1.29, 1.82) is 0 Å². The number of methoxy groups -OCH3 is 2. The molecule has 1 aliphatic rings. The van der Waals surface area contributed by atoms with Crippen LogP contribution in [0.1, 0.15) is 41.7 Å². The molecule has 1 N–H and O–H groups in total. The quantitative estimate of drug-likeness (QED) is 0.651. The minimum atomic E-state index is -0.618. The van der Waals surface area contributed by atoms with Gasteiger partial charge in [-0.25, -0.2) is 0 Å². The van der Waals surface area contributed by atoms with E-state index in [-0.39, 0.29) is 18.4 Å². The van der Waals surface area contributed by atoms with Crippen LogP contribution < -0.4 is 14.2 Å². The minimum absolute atomic E-state index is 0.0191. The third-order valence-corrected chi connectivity index (χ3v) is 5.31. The molecule has 0 saturated carbocycles. The first-order valence-corrected chi connectivity index (χ1v) is 9.89. The SMILES string of the molecule is COc1ccc([C@H]2CCCN2C[C@@H](O)COc2ccc(C(C)=O)cc2)c(OC)c1. The number of benzene rings is 2. The van der Waals surface area contributed by atoms with E-state index < -0.39 is 6.10 Å². The van der Waals surface area contributed by atoms with E-state index in [0.717, 1.165) is 36.4 Å². The van der Waals surface area contributed by atoms with E-state index in [9.17, 15) is 9.90 Å². The highest BCUT2D eigenvalue weighted by molar-refractivity contribution is 5.94. The molecule has 1 aliphatic heterocycles. The maximum absolute atomic E-state index is 11.3. The largest absolute Gasteiger partial charge is 0.497 e. The number of aliphatic hydroxyl groups is 1. The number of ketones is 1. The summed E-state index contributed by atoms with van der Waals surface area (Å²) in [6.07, 6.45) is 1.47. The molecule has 0 bridgehead atoms. The Labute approximate surface area is 172 Å². The molecule has 0 aromatic heterocycles. The van der Waals surface area contributed by atoms with E-state index in [1.54, 1.807) is 38.5 Å². The van der Waals surface area contributed by atoms with Gasteiger partial charge in [-0.05, 0) is 56.6 Å². The van der Waals surface area contributed by atoms with Crippen LogP contribution in [0.15, 0.2) is 42.5 Å². The van der Waals surface area contributed by atoms with Crippen LogP contribution in [0.3, 0.4) is 0 Å². The Balaban J connectivity index is 1.59. The van der Waals surface area contributed by atoms with Crippen molar-refractivity contribution in [3.63, 3.8) is 0 Å². The number of carbonyl (C=O) groups excluding carboxylic acids is 1. The first-order chi connectivity index (χ1) is 14.0. The average molecular weight is 399 g/mol. The van der Waals surface area contributed by atoms with Crippen molar-refractivity contribution in [3.05, 3.63) is 53.6 Å². The second-order valence-electron chi connectivity index (χ2n) is 7.31. The van der Waals surface area contributed by atoms with Crippen LogP contribution in [0.25, 0.3) is 0 Å². The standard InChI is InChI=1S/C23H29NO5/c1-16(25)17-6-8-19(9-7-17)29-15-18(26)14-24-12-4-5-22(24)21-11-10-20(27-2)13-23(21)28-3/h6-11,13,18,22,26H,4-5,12,14-15H2,1-3H3/t18-,22-/m1/s1. The lowest BCUT2D eigenvalue weighted by atomic mass is 10.0. The normalized spacial score (nSPS) is 17.7. The summed E-state index contributed by atoms with van der Waals surface area (Å²) in [4.78, 5) is 13.6. The van der Waals surface area contributed by atoms with Crippen molar-refractivity contribution < 1.29 is 24.1 Å². The van der Waals surface area contributed by atoms with Crippen molar-refractivity contribution in [1.82, 2.24) is 4.90 Å². The van der Waals surface area contributed by atoms with E-state index in [1.807, 2.05) is 18.2 Å². The van der Waals surface area contributed by atoms with E-state index in [4.69, 9.17) is 14.2 Å². The van der Waals surface area contributed by atoms with Gasteiger partial charge < -0.3 is 19.3 Å². The van der Waals surface area contributed by atoms with E-state index in [1.165, 1.54) is 6.92 Å². The van der Waals surface area contributed by atoms with E-state index >= 15 is 0 Å². The number of ether oxygens (including phenoxy) is 3. The molecule has 2 aromatic rings. The molecule has 0 amide bonds. The Bertz CT molecular complexity index is 821. The molecule has 1 saturated heterocycles. The summed E-state index contributed by atoms with van der Waals surface area (Å²) in [7, 11) is 3.30. The Morgan fingerprint density at radius 2 is 1.86 bits per heavy atom. The number of hydrogen-bond donors (Lipinski definition) is 1. The number of Topliss-reactive ketones (excluding diaryl/α,β-unsaturated/α-hetero) is 1. The highest BCUT2D eigenvalue weighted by Gasteiger charge is 2.30. The lowest BCUT2D eigenvalue weighted by molar-refractivity contribution is 0.0635. The van der Waals surface area contributed by atoms with Crippen molar-refractivity contribution in [2.45, 2.75) is 31.9 Å². The number of aliphatic hydroxyl groups excluding tert-OH is 1. The van der Waals surface area contributed by atoms with Gasteiger partial charge in [0.1, 0.15) is 30.0 Å². The molecule has 6 heteroatoms. The number of carbonyl (C=O) groups is 1. The van der Waals surface area contributed by atoms with Gasteiger partial charge in [0.05, 0.1) is 14.2 Å². The van der Waals surface area contributed by atoms with Crippen LogP contribution in [-0.4, -0.2) is 55.8 Å². The Hall–Kier alpha value is -2.57. The van der Waals surface area contributed by atoms with Crippen LogP contribution >= 0.6 is 0 Å². The number of nitrogens with zero attached hydrogens (tertiary/aromatic N) is 1. The minimum Gasteiger partial charge on any atom is -0.497 e. The topological polar surface area (TPSA) is 68.2 Å². The fraction of sp³-hybridized carbons (Fsp3) is 0.435. The third kappa shape index (κ3) is 5.28. The predicted molar refractivity (Wildman–Crippen MR) is 111 cm³/mol. The van der Waals surface area contributed by atoms with Crippen molar-refractivity contribution in [2.75, 3.05) is 33.9 Å². The summed E-state index contributed by atoms with van der Waals surface area (Å²) < 4.78 is 16.6. The molecule has 29 heavy (non-hydrogen) atoms. The van der Waals surface area contributed by atoms with Gasteiger partial charge in [-0.15, -0.1) is 0 Å². The monoisotopic (exact) mass is 399 g/mol. The Morgan fingerprint density at radius 3 is 2.52 bits per heavy atom. The highest BCUT2D eigenvalue weighted by atomic mass is 16.5. The van der Waals surface area contributed by atoms with Crippen LogP contribution in [0.2, 0.25) is 0 Å². The first-order valence-electron chi connectivity index (χ1n) is 9.89. The molecule has 0 unspecified atom stereocenters. The molecular formula is C23H29NO5. The van der Waals surface area contributed by atoms with E-state index in [2.05, 4.69) is 4.90 Å². The number of β-amino-alcohol motifs (C(OH)–C–C–N with tert-alkyl or cyclic N) is 1. The van der Waals surface area contributed by atoms with Gasteiger partial charge in [-0.2, -0.15) is 0 Å². The summed E-state index contributed by atoms with van der Waals surface area (Å²) in [5.74, 6) is 2.23. The molecule has 1 fully saturated rings. The van der Waals surface area contributed by atoms with Crippen molar-refractivity contribution in [3.8, 4) is 17.2 Å². The van der Waals surface area contributed by atoms with Gasteiger partial charge in [0.2, 0.25) is 0 Å². The zero-order valence-electron chi connectivity index (χ0n) is 17.3. The number of hydrogen-bond acceptors (Lipinski definition) is 6.